The van der Waals surface area contributed by atoms with Crippen LogP contribution < -0.4 is 11.1 Å². The number of nitrogens with zero attached hydrogens (tertiary/aromatic N) is 1. The Balaban J connectivity index is 1.79. The molecule has 0 aliphatic carbocycles. The van der Waals surface area contributed by atoms with E-state index < -0.39 is 11.7 Å². The van der Waals surface area contributed by atoms with Gasteiger partial charge in [-0.3, -0.25) is 0 Å². The molecule has 2 saturated heterocycles. The van der Waals surface area contributed by atoms with E-state index in [1.165, 1.54) is 12.1 Å². The second-order valence-electron chi connectivity index (χ2n) is 6.56. The van der Waals surface area contributed by atoms with Gasteiger partial charge in [0.25, 0.3) is 0 Å². The average molecular weight is 313 g/mol. The van der Waals surface area contributed by atoms with Crippen LogP contribution in [0.5, 0.6) is 0 Å². The quantitative estimate of drug-likeness (QED) is 0.836. The molecular formula is C16H22F3N3. The third-order valence-electron chi connectivity index (χ3n) is 4.95. The van der Waals surface area contributed by atoms with Crippen LogP contribution >= 0.6 is 0 Å². The second kappa shape index (κ2) is 5.83. The van der Waals surface area contributed by atoms with Gasteiger partial charge in [-0.15, -0.1) is 0 Å². The van der Waals surface area contributed by atoms with Gasteiger partial charge in [-0.25, -0.2) is 0 Å². The van der Waals surface area contributed by atoms with Crippen LogP contribution in [0.4, 0.5) is 13.2 Å². The van der Waals surface area contributed by atoms with E-state index in [1.807, 2.05) is 0 Å². The number of rotatable bonds is 1. The minimum Gasteiger partial charge on any atom is -0.327 e. The zero-order chi connectivity index (χ0) is 15.9. The molecule has 1 aromatic carbocycles. The maximum atomic E-state index is 12.9. The molecule has 122 valence electrons. The zero-order valence-corrected chi connectivity index (χ0v) is 12.6. The summed E-state index contributed by atoms with van der Waals surface area (Å²) in [4.78, 5) is 2.27. The van der Waals surface area contributed by atoms with Crippen molar-refractivity contribution < 1.29 is 13.2 Å². The van der Waals surface area contributed by atoms with Crippen molar-refractivity contribution in [2.24, 2.45) is 11.7 Å². The van der Waals surface area contributed by atoms with Crippen LogP contribution in [0.3, 0.4) is 0 Å². The molecule has 2 heterocycles. The molecule has 4 unspecified atom stereocenters. The first-order valence-corrected chi connectivity index (χ1v) is 7.72. The highest BCUT2D eigenvalue weighted by molar-refractivity contribution is 5.29. The van der Waals surface area contributed by atoms with Crippen molar-refractivity contribution in [1.82, 2.24) is 10.2 Å². The largest absolute Gasteiger partial charge is 0.416 e. The van der Waals surface area contributed by atoms with Gasteiger partial charge in [0.2, 0.25) is 0 Å². The van der Waals surface area contributed by atoms with Crippen molar-refractivity contribution >= 4 is 0 Å². The molecule has 0 amide bonds. The molecule has 4 atom stereocenters. The van der Waals surface area contributed by atoms with Gasteiger partial charge >= 0.3 is 6.18 Å². The van der Waals surface area contributed by atoms with Gasteiger partial charge in [0.1, 0.15) is 0 Å². The van der Waals surface area contributed by atoms with Gasteiger partial charge in [0.15, 0.2) is 0 Å². The number of benzene rings is 1. The number of fused-ring (bicyclic) bond motifs is 1. The third-order valence-corrected chi connectivity index (χ3v) is 4.95. The Kier molecular flexibility index (Phi) is 4.18. The van der Waals surface area contributed by atoms with Crippen LogP contribution in [0.2, 0.25) is 0 Å². The highest BCUT2D eigenvalue weighted by Gasteiger charge is 2.39. The molecule has 3 N–H and O–H groups in total. The highest BCUT2D eigenvalue weighted by atomic mass is 19.4. The molecule has 6 heteroatoms. The average Bonchev–Trinajstić information content (AvgIpc) is 2.47. The molecule has 3 nitrogen and oxygen atoms in total. The smallest absolute Gasteiger partial charge is 0.327 e. The van der Waals surface area contributed by atoms with E-state index in [9.17, 15) is 13.2 Å². The summed E-state index contributed by atoms with van der Waals surface area (Å²) in [5, 5.41) is 3.53. The number of nitrogens with one attached hydrogen (secondary N) is 1. The Morgan fingerprint density at radius 3 is 2.82 bits per heavy atom. The monoisotopic (exact) mass is 313 g/mol. The van der Waals surface area contributed by atoms with Crippen molar-refractivity contribution in [1.29, 1.82) is 0 Å². The van der Waals surface area contributed by atoms with Gasteiger partial charge in [-0.05, 0) is 44.1 Å². The first-order chi connectivity index (χ1) is 10.3. The Hall–Kier alpha value is -1.11. The minimum atomic E-state index is -4.30. The summed E-state index contributed by atoms with van der Waals surface area (Å²) in [6, 6.07) is 5.82. The lowest BCUT2D eigenvalue weighted by Crippen LogP contribution is -2.59. The summed E-state index contributed by atoms with van der Waals surface area (Å²) >= 11 is 0. The minimum absolute atomic E-state index is 0.0218. The number of nitrogens with two attached hydrogens (primary N) is 1. The maximum absolute atomic E-state index is 12.9. The fourth-order valence-electron chi connectivity index (χ4n) is 3.73. The van der Waals surface area contributed by atoms with Crippen LogP contribution in [0.25, 0.3) is 0 Å². The van der Waals surface area contributed by atoms with E-state index in [2.05, 4.69) is 17.3 Å². The Morgan fingerprint density at radius 2 is 2.09 bits per heavy atom. The molecule has 2 aliphatic heterocycles. The molecule has 3 rings (SSSR count). The summed E-state index contributed by atoms with van der Waals surface area (Å²) < 4.78 is 38.6. The summed E-state index contributed by atoms with van der Waals surface area (Å²) in [5.41, 5.74) is 6.41. The first kappa shape index (κ1) is 15.8. The summed E-state index contributed by atoms with van der Waals surface area (Å²) in [6.07, 6.45) is -2.64. The van der Waals surface area contributed by atoms with Gasteiger partial charge in [0.05, 0.1) is 5.56 Å². The van der Waals surface area contributed by atoms with Crippen molar-refractivity contribution in [3.63, 3.8) is 0 Å². The van der Waals surface area contributed by atoms with E-state index in [-0.39, 0.29) is 12.1 Å². The second-order valence-corrected chi connectivity index (χ2v) is 6.56. The number of halogens is 3. The van der Waals surface area contributed by atoms with Gasteiger partial charge in [-0.2, -0.15) is 13.2 Å². The summed E-state index contributed by atoms with van der Waals surface area (Å²) in [7, 11) is 2.09. The molecule has 1 aromatic rings. The molecule has 0 bridgehead atoms. The molecule has 2 aliphatic rings. The highest BCUT2D eigenvalue weighted by Crippen LogP contribution is 2.35. The number of alkyl halides is 3. The Morgan fingerprint density at radius 1 is 1.32 bits per heavy atom. The number of hydrogen-bond acceptors (Lipinski definition) is 3. The van der Waals surface area contributed by atoms with Crippen molar-refractivity contribution in [2.45, 2.75) is 37.1 Å². The molecule has 2 fully saturated rings. The van der Waals surface area contributed by atoms with E-state index in [0.29, 0.717) is 23.9 Å². The fourth-order valence-corrected chi connectivity index (χ4v) is 3.73. The lowest BCUT2D eigenvalue weighted by Gasteiger charge is -2.46. The molecule has 22 heavy (non-hydrogen) atoms. The lowest BCUT2D eigenvalue weighted by atomic mass is 9.78. The molecular weight excluding hydrogens is 291 g/mol. The predicted molar refractivity (Wildman–Crippen MR) is 79.3 cm³/mol. The Bertz CT molecular complexity index is 532. The SMILES string of the molecule is CN1CCC2NC(c3cccc(C(F)(F)F)c3)CC(N)C2C1. The van der Waals surface area contributed by atoms with Crippen LogP contribution in [0, 0.1) is 5.92 Å². The van der Waals surface area contributed by atoms with Gasteiger partial charge in [-0.1, -0.05) is 12.1 Å². The van der Waals surface area contributed by atoms with E-state index in [1.54, 1.807) is 6.07 Å². The number of likely N-dealkylation sites (tertiary alicyclic amines) is 1. The lowest BCUT2D eigenvalue weighted by molar-refractivity contribution is -0.137. The topological polar surface area (TPSA) is 41.3 Å². The number of piperidine rings is 2. The molecule has 0 saturated carbocycles. The van der Waals surface area contributed by atoms with Gasteiger partial charge < -0.3 is 16.0 Å². The van der Waals surface area contributed by atoms with E-state index >= 15 is 0 Å². The fraction of sp³-hybridized carbons (Fsp3) is 0.625. The Labute approximate surface area is 128 Å². The van der Waals surface area contributed by atoms with Gasteiger partial charge in [0, 0.05) is 30.6 Å². The standard InChI is InChI=1S/C16H22F3N3/c1-22-6-5-14-12(9-22)13(20)8-15(21-14)10-3-2-4-11(7-10)16(17,18)19/h2-4,7,12-15,21H,5-6,8-9,20H2,1H3. The zero-order valence-electron chi connectivity index (χ0n) is 12.6. The van der Waals surface area contributed by atoms with Crippen molar-refractivity contribution in [2.75, 3.05) is 20.1 Å². The van der Waals surface area contributed by atoms with Crippen LogP contribution in [0.15, 0.2) is 24.3 Å². The summed E-state index contributed by atoms with van der Waals surface area (Å²) in [6.45, 7) is 1.95. The summed E-state index contributed by atoms with van der Waals surface area (Å²) in [5.74, 6) is 0.376. The van der Waals surface area contributed by atoms with Crippen LogP contribution in [-0.2, 0) is 6.18 Å². The normalized spacial score (nSPS) is 33.5. The molecule has 0 aromatic heterocycles. The predicted octanol–water partition coefficient (Wildman–Crippen LogP) is 2.39. The third kappa shape index (κ3) is 3.14. The van der Waals surface area contributed by atoms with Crippen LogP contribution in [0.1, 0.15) is 30.0 Å². The first-order valence-electron chi connectivity index (χ1n) is 7.72. The maximum Gasteiger partial charge on any atom is 0.416 e. The van der Waals surface area contributed by atoms with Crippen molar-refractivity contribution in [3.05, 3.63) is 35.4 Å². The molecule has 0 spiro atoms. The molecule has 0 radical (unpaired) electrons. The van der Waals surface area contributed by atoms with E-state index in [0.717, 1.165) is 25.6 Å². The van der Waals surface area contributed by atoms with Crippen LogP contribution in [-0.4, -0.2) is 37.1 Å². The van der Waals surface area contributed by atoms with Crippen molar-refractivity contribution in [3.8, 4) is 0 Å². The number of hydrogen-bond donors (Lipinski definition) is 2. The van der Waals surface area contributed by atoms with E-state index in [4.69, 9.17) is 5.73 Å².